The number of aromatic nitrogens is 2. The monoisotopic (exact) mass is 398 g/mol. The van der Waals surface area contributed by atoms with Gasteiger partial charge in [0.15, 0.2) is 0 Å². The Morgan fingerprint density at radius 3 is 2.33 bits per heavy atom. The number of amides is 1. The molecular weight excluding hydrogens is 383 g/mol. The molecule has 0 radical (unpaired) electrons. The first kappa shape index (κ1) is 17.8. The predicted octanol–water partition coefficient (Wildman–Crippen LogP) is 4.60. The second kappa shape index (κ2) is 7.55. The maximum atomic E-state index is 12.4. The average Bonchev–Trinajstić information content (AvgIpc) is 2.70. The van der Waals surface area contributed by atoms with Crippen molar-refractivity contribution in [3.05, 3.63) is 81.6 Å². The summed E-state index contributed by atoms with van der Waals surface area (Å²) in [5, 5.41) is 3.46. The highest BCUT2D eigenvalue weighted by atomic mass is 35.5. The number of nitrogens with zero attached hydrogens (tertiary/aromatic N) is 3. The van der Waals surface area contributed by atoms with Crippen LogP contribution in [0.1, 0.15) is 21.5 Å². The van der Waals surface area contributed by atoms with E-state index in [-0.39, 0.29) is 5.91 Å². The average molecular weight is 399 g/mol. The largest absolute Gasteiger partial charge is 0.336 e. The van der Waals surface area contributed by atoms with Crippen molar-refractivity contribution in [3.63, 3.8) is 0 Å². The van der Waals surface area contributed by atoms with E-state index in [2.05, 4.69) is 38.4 Å². The lowest BCUT2D eigenvalue weighted by Gasteiger charge is -2.28. The van der Waals surface area contributed by atoms with Crippen molar-refractivity contribution >= 4 is 40.7 Å². The van der Waals surface area contributed by atoms with Crippen LogP contribution in [0.15, 0.2) is 54.9 Å². The molecule has 5 nitrogen and oxygen atoms in total. The topological polar surface area (TPSA) is 58.1 Å². The molecule has 27 heavy (non-hydrogen) atoms. The first-order chi connectivity index (χ1) is 13.1. The fourth-order valence-electron chi connectivity index (χ4n) is 3.07. The lowest BCUT2D eigenvalue weighted by atomic mass is 10.0. The van der Waals surface area contributed by atoms with E-state index in [0.717, 1.165) is 19.5 Å². The zero-order chi connectivity index (χ0) is 18.8. The summed E-state index contributed by atoms with van der Waals surface area (Å²) in [7, 11) is 0. The highest BCUT2D eigenvalue weighted by molar-refractivity contribution is 6.40. The van der Waals surface area contributed by atoms with Gasteiger partial charge in [0.05, 0.1) is 21.3 Å². The zero-order valence-corrected chi connectivity index (χ0v) is 15.8. The number of rotatable bonds is 3. The van der Waals surface area contributed by atoms with Crippen LogP contribution in [0.4, 0.5) is 11.6 Å². The van der Waals surface area contributed by atoms with E-state index < -0.39 is 0 Å². The summed E-state index contributed by atoms with van der Waals surface area (Å²) in [5.41, 5.74) is 3.36. The molecule has 3 aromatic rings. The van der Waals surface area contributed by atoms with E-state index in [0.29, 0.717) is 27.2 Å². The van der Waals surface area contributed by atoms with E-state index in [9.17, 15) is 4.79 Å². The smallest absolute Gasteiger partial charge is 0.258 e. The first-order valence-corrected chi connectivity index (χ1v) is 9.26. The van der Waals surface area contributed by atoms with Gasteiger partial charge in [-0.2, -0.15) is 0 Å². The number of hydrogen-bond donors (Lipinski definition) is 1. The Bertz CT molecular complexity index is 971. The molecule has 0 aliphatic carbocycles. The van der Waals surface area contributed by atoms with Gasteiger partial charge in [0.1, 0.15) is 0 Å². The Morgan fingerprint density at radius 1 is 0.963 bits per heavy atom. The van der Waals surface area contributed by atoms with Crippen LogP contribution in [0.25, 0.3) is 0 Å². The number of carbonyl (C=O) groups excluding carboxylic acids is 1. The van der Waals surface area contributed by atoms with Gasteiger partial charge in [0.2, 0.25) is 5.95 Å². The van der Waals surface area contributed by atoms with Crippen LogP contribution in [0, 0.1) is 0 Å². The van der Waals surface area contributed by atoms with E-state index in [4.69, 9.17) is 23.2 Å². The van der Waals surface area contributed by atoms with Crippen molar-refractivity contribution in [2.24, 2.45) is 0 Å². The van der Waals surface area contributed by atoms with Gasteiger partial charge in [-0.3, -0.25) is 4.79 Å². The minimum Gasteiger partial charge on any atom is -0.336 e. The molecule has 0 saturated carbocycles. The van der Waals surface area contributed by atoms with Crippen molar-refractivity contribution in [2.75, 3.05) is 16.8 Å². The zero-order valence-electron chi connectivity index (χ0n) is 14.3. The maximum Gasteiger partial charge on any atom is 0.258 e. The van der Waals surface area contributed by atoms with Crippen LogP contribution >= 0.6 is 23.2 Å². The SMILES string of the molecule is O=C(Nc1c(Cl)cccc1Cl)c1cnc(N2CCc3ccccc3C2)nc1. The third-order valence-electron chi connectivity index (χ3n) is 4.52. The fraction of sp³-hybridized carbons (Fsp3) is 0.150. The molecule has 2 heterocycles. The Labute approximate surface area is 167 Å². The highest BCUT2D eigenvalue weighted by Crippen LogP contribution is 2.30. The molecule has 1 amide bonds. The van der Waals surface area contributed by atoms with E-state index in [1.807, 2.05) is 6.07 Å². The molecule has 4 rings (SSSR count). The van der Waals surface area contributed by atoms with Crippen LogP contribution in [-0.2, 0) is 13.0 Å². The summed E-state index contributed by atoms with van der Waals surface area (Å²) in [6, 6.07) is 13.4. The molecule has 0 saturated heterocycles. The standard InChI is InChI=1S/C20H16Cl2N4O/c21-16-6-3-7-17(22)18(16)25-19(27)15-10-23-20(24-11-15)26-9-8-13-4-1-2-5-14(13)12-26/h1-7,10-11H,8-9,12H2,(H,25,27). The number of anilines is 2. The van der Waals surface area contributed by atoms with Crippen LogP contribution in [0.2, 0.25) is 10.0 Å². The van der Waals surface area contributed by atoms with Gasteiger partial charge in [0, 0.05) is 25.5 Å². The molecular formula is C20H16Cl2N4O. The van der Waals surface area contributed by atoms with Gasteiger partial charge in [-0.25, -0.2) is 9.97 Å². The molecule has 0 fully saturated rings. The van der Waals surface area contributed by atoms with Crippen molar-refractivity contribution in [3.8, 4) is 0 Å². The number of para-hydroxylation sites is 1. The third-order valence-corrected chi connectivity index (χ3v) is 5.15. The van der Waals surface area contributed by atoms with Gasteiger partial charge in [-0.1, -0.05) is 53.5 Å². The number of carbonyl (C=O) groups is 1. The van der Waals surface area contributed by atoms with Crippen LogP contribution in [0.3, 0.4) is 0 Å². The molecule has 1 aliphatic rings. The van der Waals surface area contributed by atoms with Crippen molar-refractivity contribution < 1.29 is 4.79 Å². The maximum absolute atomic E-state index is 12.4. The minimum atomic E-state index is -0.361. The lowest BCUT2D eigenvalue weighted by molar-refractivity contribution is 0.102. The highest BCUT2D eigenvalue weighted by Gasteiger charge is 2.19. The van der Waals surface area contributed by atoms with Crippen LogP contribution < -0.4 is 10.2 Å². The summed E-state index contributed by atoms with van der Waals surface area (Å²) in [6.07, 6.45) is 3.98. The predicted molar refractivity (Wildman–Crippen MR) is 108 cm³/mol. The Kier molecular flexibility index (Phi) is 4.97. The molecule has 1 N–H and O–H groups in total. The summed E-state index contributed by atoms with van der Waals surface area (Å²) < 4.78 is 0. The quantitative estimate of drug-likeness (QED) is 0.700. The van der Waals surface area contributed by atoms with E-state index in [1.54, 1.807) is 18.2 Å². The van der Waals surface area contributed by atoms with Crippen LogP contribution in [-0.4, -0.2) is 22.4 Å². The molecule has 0 unspecified atom stereocenters. The number of halogens is 2. The Hall–Kier alpha value is -2.63. The van der Waals surface area contributed by atoms with Gasteiger partial charge in [-0.15, -0.1) is 0 Å². The summed E-state index contributed by atoms with van der Waals surface area (Å²) >= 11 is 12.2. The van der Waals surface area contributed by atoms with Gasteiger partial charge in [0.25, 0.3) is 5.91 Å². The molecule has 0 bridgehead atoms. The van der Waals surface area contributed by atoms with Crippen molar-refractivity contribution in [1.82, 2.24) is 9.97 Å². The molecule has 7 heteroatoms. The van der Waals surface area contributed by atoms with E-state index in [1.165, 1.54) is 23.5 Å². The van der Waals surface area contributed by atoms with Crippen molar-refractivity contribution in [2.45, 2.75) is 13.0 Å². The number of fused-ring (bicyclic) bond motifs is 1. The Morgan fingerprint density at radius 2 is 1.63 bits per heavy atom. The van der Waals surface area contributed by atoms with Crippen molar-refractivity contribution in [1.29, 1.82) is 0 Å². The number of benzene rings is 2. The molecule has 0 spiro atoms. The first-order valence-electron chi connectivity index (χ1n) is 8.51. The lowest BCUT2D eigenvalue weighted by Crippen LogP contribution is -2.31. The molecule has 1 aliphatic heterocycles. The fourth-order valence-corrected chi connectivity index (χ4v) is 3.56. The van der Waals surface area contributed by atoms with Gasteiger partial charge in [-0.05, 0) is 29.7 Å². The van der Waals surface area contributed by atoms with Crippen LogP contribution in [0.5, 0.6) is 0 Å². The van der Waals surface area contributed by atoms with E-state index >= 15 is 0 Å². The molecule has 0 atom stereocenters. The second-order valence-corrected chi connectivity index (χ2v) is 7.08. The van der Waals surface area contributed by atoms with Gasteiger partial charge < -0.3 is 10.2 Å². The second-order valence-electron chi connectivity index (χ2n) is 6.26. The van der Waals surface area contributed by atoms with Gasteiger partial charge >= 0.3 is 0 Å². The number of nitrogens with one attached hydrogen (secondary N) is 1. The molecule has 1 aromatic heterocycles. The normalized spacial score (nSPS) is 13.2. The minimum absolute atomic E-state index is 0.340. The number of hydrogen-bond acceptors (Lipinski definition) is 4. The molecule has 136 valence electrons. The summed E-state index contributed by atoms with van der Waals surface area (Å²) in [4.78, 5) is 23.3. The molecule has 2 aromatic carbocycles. The summed E-state index contributed by atoms with van der Waals surface area (Å²) in [6.45, 7) is 1.61. The third kappa shape index (κ3) is 3.75. The Balaban J connectivity index is 1.49. The summed E-state index contributed by atoms with van der Waals surface area (Å²) in [5.74, 6) is 0.248.